The molecule has 4 unspecified atom stereocenters. The lowest BCUT2D eigenvalue weighted by Gasteiger charge is -2.36. The molecule has 2 aromatic carbocycles. The lowest BCUT2D eigenvalue weighted by atomic mass is 9.77. The number of likely N-dealkylation sites (tertiary alicyclic amines) is 1. The third-order valence-corrected chi connectivity index (χ3v) is 8.54. The Balaban J connectivity index is 1.71. The minimum atomic E-state index is -0.758. The zero-order valence-corrected chi connectivity index (χ0v) is 22.8. The van der Waals surface area contributed by atoms with Gasteiger partial charge in [-0.05, 0) is 22.9 Å². The third-order valence-electron chi connectivity index (χ3n) is 7.60. The lowest BCUT2D eigenvalue weighted by Crippen LogP contribution is -2.55. The second-order valence-electron chi connectivity index (χ2n) is 10.6. The van der Waals surface area contributed by atoms with Gasteiger partial charge in [-0.1, -0.05) is 80.6 Å². The zero-order chi connectivity index (χ0) is 26.6. The van der Waals surface area contributed by atoms with E-state index in [0.29, 0.717) is 25.1 Å². The monoisotopic (exact) mass is 529 g/mol. The number of thiophene rings is 1. The number of nitrogens with one attached hydrogen (secondary N) is 1. The number of rotatable bonds is 7. The first kappa shape index (κ1) is 26.3. The molecule has 38 heavy (non-hydrogen) atoms. The lowest BCUT2D eigenvalue weighted by molar-refractivity contribution is -0.146. The Morgan fingerprint density at radius 1 is 0.921 bits per heavy atom. The molecule has 2 amide bonds. The number of Topliss-reactive ketones (excluding diaryl/α,β-unsaturated/α-hetero) is 1. The number of ketones is 1. The molecular weight excluding hydrogens is 494 g/mol. The first-order valence-corrected chi connectivity index (χ1v) is 14.3. The maximum absolute atomic E-state index is 14.4. The molecule has 4 atom stereocenters. The van der Waals surface area contributed by atoms with E-state index < -0.39 is 23.9 Å². The van der Waals surface area contributed by atoms with Crippen LogP contribution in [0.25, 0.3) is 0 Å². The molecule has 198 valence electrons. The molecule has 0 aliphatic carbocycles. The van der Waals surface area contributed by atoms with Gasteiger partial charge < -0.3 is 15.1 Å². The topological polar surface area (TPSA) is 69.7 Å². The molecule has 1 aromatic heterocycles. The molecule has 1 N–H and O–H groups in total. The van der Waals surface area contributed by atoms with Gasteiger partial charge in [-0.2, -0.15) is 0 Å². The Morgan fingerprint density at radius 3 is 2.18 bits per heavy atom. The van der Waals surface area contributed by atoms with Crippen molar-refractivity contribution < 1.29 is 14.4 Å². The third kappa shape index (κ3) is 5.18. The molecule has 2 fully saturated rings. The van der Waals surface area contributed by atoms with Crippen molar-refractivity contribution in [2.45, 2.75) is 38.3 Å². The second kappa shape index (κ2) is 11.6. The summed E-state index contributed by atoms with van der Waals surface area (Å²) in [5, 5.41) is 5.30. The van der Waals surface area contributed by atoms with Gasteiger partial charge in [0.05, 0.1) is 12.0 Å². The van der Waals surface area contributed by atoms with Crippen LogP contribution in [0.2, 0.25) is 0 Å². The summed E-state index contributed by atoms with van der Waals surface area (Å²) in [5.41, 5.74) is 1.52. The number of hydrogen-bond acceptors (Lipinski definition) is 5. The van der Waals surface area contributed by atoms with Crippen LogP contribution in [-0.2, 0) is 9.59 Å². The maximum atomic E-state index is 14.4. The standard InChI is InChI=1S/C31H35N3O3S/c1-21(2)20-25(35)34-28(24-14-9-19-38-24)27(30(36)23-12-7-4-8-13-23)26(22-10-5-3-6-11-22)29(34)31(37)33-17-15-32-16-18-33/h3-14,19,21,26-29,32H,15-18,20H2,1-2H3. The fourth-order valence-electron chi connectivity index (χ4n) is 5.96. The Hall–Kier alpha value is -3.29. The van der Waals surface area contributed by atoms with Gasteiger partial charge in [0.1, 0.15) is 6.04 Å². The molecule has 0 saturated carbocycles. The van der Waals surface area contributed by atoms with E-state index in [1.54, 1.807) is 16.2 Å². The average molecular weight is 530 g/mol. The highest BCUT2D eigenvalue weighted by Gasteiger charge is 2.58. The number of hydrogen-bond donors (Lipinski definition) is 1. The first-order valence-electron chi connectivity index (χ1n) is 13.5. The van der Waals surface area contributed by atoms with Gasteiger partial charge >= 0.3 is 0 Å². The van der Waals surface area contributed by atoms with Crippen LogP contribution in [0.5, 0.6) is 0 Å². The summed E-state index contributed by atoms with van der Waals surface area (Å²) in [6.45, 7) is 6.64. The Kier molecular flexibility index (Phi) is 8.05. The quantitative estimate of drug-likeness (QED) is 0.448. The molecule has 3 heterocycles. The van der Waals surface area contributed by atoms with E-state index in [0.717, 1.165) is 23.5 Å². The number of benzene rings is 2. The summed E-state index contributed by atoms with van der Waals surface area (Å²) >= 11 is 1.54. The Morgan fingerprint density at radius 2 is 1.58 bits per heavy atom. The molecule has 7 heteroatoms. The van der Waals surface area contributed by atoms with Gasteiger partial charge in [-0.25, -0.2) is 0 Å². The molecule has 6 nitrogen and oxygen atoms in total. The van der Waals surface area contributed by atoms with E-state index >= 15 is 0 Å². The highest BCUT2D eigenvalue weighted by molar-refractivity contribution is 7.10. The van der Waals surface area contributed by atoms with Gasteiger partial charge in [0.15, 0.2) is 5.78 Å². The van der Waals surface area contributed by atoms with Crippen LogP contribution < -0.4 is 5.32 Å². The number of carbonyl (C=O) groups excluding carboxylic acids is 3. The maximum Gasteiger partial charge on any atom is 0.246 e. The minimum Gasteiger partial charge on any atom is -0.338 e. The van der Waals surface area contributed by atoms with Crippen LogP contribution in [0.1, 0.15) is 53.0 Å². The van der Waals surface area contributed by atoms with Gasteiger partial charge in [0.25, 0.3) is 0 Å². The fourth-order valence-corrected chi connectivity index (χ4v) is 6.83. The summed E-state index contributed by atoms with van der Waals surface area (Å²) in [6, 6.07) is 21.8. The number of amides is 2. The van der Waals surface area contributed by atoms with Crippen LogP contribution in [0.3, 0.4) is 0 Å². The fraction of sp³-hybridized carbons (Fsp3) is 0.387. The largest absolute Gasteiger partial charge is 0.338 e. The highest BCUT2D eigenvalue weighted by atomic mass is 32.1. The average Bonchev–Trinajstić information content (AvgIpc) is 3.60. The molecule has 2 saturated heterocycles. The van der Waals surface area contributed by atoms with E-state index in [1.807, 2.05) is 96.9 Å². The van der Waals surface area contributed by atoms with Crippen molar-refractivity contribution in [3.05, 3.63) is 94.2 Å². The van der Waals surface area contributed by atoms with E-state index in [4.69, 9.17) is 0 Å². The molecule has 0 radical (unpaired) electrons. The second-order valence-corrected chi connectivity index (χ2v) is 11.6. The molecule has 3 aromatic rings. The molecule has 0 spiro atoms. The van der Waals surface area contributed by atoms with Gasteiger partial charge in [0.2, 0.25) is 11.8 Å². The first-order chi connectivity index (χ1) is 18.5. The predicted molar refractivity (Wildman–Crippen MR) is 150 cm³/mol. The van der Waals surface area contributed by atoms with Gasteiger partial charge in [-0.3, -0.25) is 14.4 Å². The summed E-state index contributed by atoms with van der Waals surface area (Å²) in [6.07, 6.45) is 0.320. The van der Waals surface area contributed by atoms with Crippen molar-refractivity contribution in [2.75, 3.05) is 26.2 Å². The van der Waals surface area contributed by atoms with E-state index in [9.17, 15) is 14.4 Å². The van der Waals surface area contributed by atoms with Crippen molar-refractivity contribution >= 4 is 28.9 Å². The highest BCUT2D eigenvalue weighted by Crippen LogP contribution is 2.52. The predicted octanol–water partition coefficient (Wildman–Crippen LogP) is 4.76. The van der Waals surface area contributed by atoms with E-state index in [-0.39, 0.29) is 23.5 Å². The molecular formula is C31H35N3O3S. The molecule has 2 aliphatic rings. The van der Waals surface area contributed by atoms with Crippen LogP contribution in [0.4, 0.5) is 0 Å². The smallest absolute Gasteiger partial charge is 0.246 e. The van der Waals surface area contributed by atoms with Crippen molar-refractivity contribution in [3.63, 3.8) is 0 Å². The number of piperazine rings is 1. The van der Waals surface area contributed by atoms with E-state index in [2.05, 4.69) is 5.32 Å². The molecule has 0 bridgehead atoms. The zero-order valence-electron chi connectivity index (χ0n) is 22.0. The van der Waals surface area contributed by atoms with Crippen LogP contribution in [-0.4, -0.2) is 59.6 Å². The normalized spacial score (nSPS) is 23.6. The SMILES string of the molecule is CC(C)CC(=O)N1C(C(=O)N2CCNCC2)C(c2ccccc2)C(C(=O)c2ccccc2)C1c1cccs1. The summed E-state index contributed by atoms with van der Waals surface area (Å²) < 4.78 is 0. The van der Waals surface area contributed by atoms with Crippen molar-refractivity contribution in [3.8, 4) is 0 Å². The molecule has 2 aliphatic heterocycles. The minimum absolute atomic E-state index is 0.0317. The summed E-state index contributed by atoms with van der Waals surface area (Å²) in [4.78, 5) is 47.5. The van der Waals surface area contributed by atoms with Crippen LogP contribution in [0.15, 0.2) is 78.2 Å². The van der Waals surface area contributed by atoms with Gasteiger partial charge in [0, 0.05) is 49.0 Å². The van der Waals surface area contributed by atoms with Crippen molar-refractivity contribution in [1.29, 1.82) is 0 Å². The Labute approximate surface area is 228 Å². The summed E-state index contributed by atoms with van der Waals surface area (Å²) in [5.74, 6) is -1.10. The molecule has 5 rings (SSSR count). The Bertz CT molecular complexity index is 1240. The van der Waals surface area contributed by atoms with Crippen LogP contribution in [0, 0.1) is 11.8 Å². The summed E-state index contributed by atoms with van der Waals surface area (Å²) in [7, 11) is 0. The van der Waals surface area contributed by atoms with Gasteiger partial charge in [-0.15, -0.1) is 11.3 Å². The van der Waals surface area contributed by atoms with Crippen LogP contribution >= 0.6 is 11.3 Å². The van der Waals surface area contributed by atoms with Crippen molar-refractivity contribution in [2.24, 2.45) is 11.8 Å². The van der Waals surface area contributed by atoms with Crippen molar-refractivity contribution in [1.82, 2.24) is 15.1 Å². The van der Waals surface area contributed by atoms with E-state index in [1.165, 1.54) is 0 Å². The number of nitrogens with zero attached hydrogens (tertiary/aromatic N) is 2. The number of carbonyl (C=O) groups is 3.